The normalized spacial score (nSPS) is 11.6. The third kappa shape index (κ3) is 2.96. The molecule has 0 saturated heterocycles. The van der Waals surface area contributed by atoms with Crippen LogP contribution in [0.2, 0.25) is 5.02 Å². The van der Waals surface area contributed by atoms with Crippen molar-refractivity contribution in [3.8, 4) is 6.07 Å². The molecule has 0 aromatic heterocycles. The van der Waals surface area contributed by atoms with Crippen molar-refractivity contribution in [1.29, 1.82) is 5.26 Å². The molecule has 0 amide bonds. The van der Waals surface area contributed by atoms with Gasteiger partial charge in [-0.1, -0.05) is 11.6 Å². The zero-order valence-corrected chi connectivity index (χ0v) is 9.49. The molecule has 0 aliphatic carbocycles. The molecule has 4 nitrogen and oxygen atoms in total. The zero-order valence-electron chi connectivity index (χ0n) is 8.74. The molecule has 84 valence electrons. The Morgan fingerprint density at radius 3 is 2.94 bits per heavy atom. The molecule has 1 atom stereocenters. The van der Waals surface area contributed by atoms with Crippen molar-refractivity contribution in [1.82, 2.24) is 0 Å². The van der Waals surface area contributed by atoms with Crippen LogP contribution in [0.5, 0.6) is 0 Å². The van der Waals surface area contributed by atoms with Gasteiger partial charge in [0.2, 0.25) is 0 Å². The number of halogens is 1. The molecule has 1 rings (SSSR count). The molecular weight excluding hydrogens is 228 g/mol. The molecule has 0 aliphatic rings. The number of carbonyl (C=O) groups is 1. The van der Waals surface area contributed by atoms with E-state index in [2.05, 4.69) is 4.74 Å². The van der Waals surface area contributed by atoms with Gasteiger partial charge in [0.15, 0.2) is 0 Å². The van der Waals surface area contributed by atoms with Crippen LogP contribution in [0.25, 0.3) is 0 Å². The minimum absolute atomic E-state index is 0.251. The Balaban J connectivity index is 2.88. The monoisotopic (exact) mass is 238 g/mol. The summed E-state index contributed by atoms with van der Waals surface area (Å²) in [6, 6.07) is 6.06. The van der Waals surface area contributed by atoms with E-state index in [4.69, 9.17) is 22.6 Å². The third-order valence-electron chi connectivity index (χ3n) is 2.12. The van der Waals surface area contributed by atoms with E-state index in [0.717, 1.165) is 0 Å². The van der Waals surface area contributed by atoms with Crippen LogP contribution in [-0.2, 0) is 16.0 Å². The van der Waals surface area contributed by atoms with Gasteiger partial charge in [0.05, 0.1) is 18.7 Å². The second-order valence-corrected chi connectivity index (χ2v) is 3.66. The Hall–Kier alpha value is -1.57. The summed E-state index contributed by atoms with van der Waals surface area (Å²) in [4.78, 5) is 11.1. The van der Waals surface area contributed by atoms with Crippen molar-refractivity contribution in [2.24, 2.45) is 5.73 Å². The fraction of sp³-hybridized carbons (Fsp3) is 0.273. The van der Waals surface area contributed by atoms with E-state index in [-0.39, 0.29) is 6.42 Å². The van der Waals surface area contributed by atoms with Crippen molar-refractivity contribution >= 4 is 17.6 Å². The standard InChI is InChI=1S/C11H11ClN2O2/c1-16-11(15)10(14)5-8-4-7(6-13)2-3-9(8)12/h2-4,10H,5,14H2,1H3/t10-/m1/s1. The predicted molar refractivity (Wildman–Crippen MR) is 59.9 cm³/mol. The highest BCUT2D eigenvalue weighted by Crippen LogP contribution is 2.18. The first kappa shape index (κ1) is 12.5. The molecule has 16 heavy (non-hydrogen) atoms. The highest BCUT2D eigenvalue weighted by Gasteiger charge is 2.16. The van der Waals surface area contributed by atoms with Crippen LogP contribution >= 0.6 is 11.6 Å². The van der Waals surface area contributed by atoms with Crippen LogP contribution in [-0.4, -0.2) is 19.1 Å². The second kappa shape index (κ2) is 5.50. The minimum atomic E-state index is -0.767. The zero-order chi connectivity index (χ0) is 12.1. The lowest BCUT2D eigenvalue weighted by atomic mass is 10.0. The summed E-state index contributed by atoms with van der Waals surface area (Å²) < 4.78 is 4.51. The highest BCUT2D eigenvalue weighted by molar-refractivity contribution is 6.31. The SMILES string of the molecule is COC(=O)[C@H](N)Cc1cc(C#N)ccc1Cl. The number of carbonyl (C=O) groups excluding carboxylic acids is 1. The molecule has 1 aromatic carbocycles. The van der Waals surface area contributed by atoms with Crippen LogP contribution in [0.15, 0.2) is 18.2 Å². The Kier molecular flexibility index (Phi) is 4.29. The molecule has 0 heterocycles. The summed E-state index contributed by atoms with van der Waals surface area (Å²) in [5, 5.41) is 9.21. The number of nitriles is 1. The Labute approximate surface area is 98.6 Å². The highest BCUT2D eigenvalue weighted by atomic mass is 35.5. The fourth-order valence-corrected chi connectivity index (χ4v) is 1.47. The molecule has 2 N–H and O–H groups in total. The second-order valence-electron chi connectivity index (χ2n) is 3.25. The molecule has 5 heteroatoms. The Bertz CT molecular complexity index is 440. The number of benzene rings is 1. The maximum absolute atomic E-state index is 11.1. The number of nitrogens with two attached hydrogens (primary N) is 1. The van der Waals surface area contributed by atoms with E-state index in [1.54, 1.807) is 18.2 Å². The average molecular weight is 239 g/mol. The number of nitrogens with zero attached hydrogens (tertiary/aromatic N) is 1. The van der Waals surface area contributed by atoms with Crippen LogP contribution in [0.1, 0.15) is 11.1 Å². The van der Waals surface area contributed by atoms with Gasteiger partial charge in [0.1, 0.15) is 6.04 Å². The summed E-state index contributed by atoms with van der Waals surface area (Å²) in [6.45, 7) is 0. The maximum Gasteiger partial charge on any atom is 0.322 e. The van der Waals surface area contributed by atoms with E-state index >= 15 is 0 Å². The lowest BCUT2D eigenvalue weighted by Gasteiger charge is -2.10. The lowest BCUT2D eigenvalue weighted by Crippen LogP contribution is -2.33. The van der Waals surface area contributed by atoms with Gasteiger partial charge in [0, 0.05) is 5.02 Å². The lowest BCUT2D eigenvalue weighted by molar-refractivity contribution is -0.142. The molecule has 0 unspecified atom stereocenters. The number of methoxy groups -OCH3 is 1. The predicted octanol–water partition coefficient (Wildman–Crippen LogP) is 1.25. The summed E-state index contributed by atoms with van der Waals surface area (Å²) >= 11 is 5.93. The van der Waals surface area contributed by atoms with Crippen LogP contribution in [0.3, 0.4) is 0 Å². The molecule has 0 saturated carbocycles. The van der Waals surface area contributed by atoms with E-state index in [9.17, 15) is 4.79 Å². The van der Waals surface area contributed by atoms with Gasteiger partial charge in [-0.2, -0.15) is 5.26 Å². The van der Waals surface area contributed by atoms with Gasteiger partial charge in [0.25, 0.3) is 0 Å². The molecule has 1 aromatic rings. The molecule has 0 spiro atoms. The van der Waals surface area contributed by atoms with Crippen LogP contribution in [0.4, 0.5) is 0 Å². The molecular formula is C11H11ClN2O2. The third-order valence-corrected chi connectivity index (χ3v) is 2.49. The number of hydrogen-bond acceptors (Lipinski definition) is 4. The van der Waals surface area contributed by atoms with Gasteiger partial charge in [-0.25, -0.2) is 0 Å². The van der Waals surface area contributed by atoms with Gasteiger partial charge < -0.3 is 10.5 Å². The van der Waals surface area contributed by atoms with Gasteiger partial charge in [-0.15, -0.1) is 0 Å². The van der Waals surface area contributed by atoms with Crippen molar-refractivity contribution in [3.05, 3.63) is 34.3 Å². The van der Waals surface area contributed by atoms with E-state index in [1.807, 2.05) is 6.07 Å². The van der Waals surface area contributed by atoms with Crippen molar-refractivity contribution < 1.29 is 9.53 Å². The molecule has 0 bridgehead atoms. The van der Waals surface area contributed by atoms with E-state index in [1.165, 1.54) is 7.11 Å². The summed E-state index contributed by atoms with van der Waals surface area (Å²) in [6.07, 6.45) is 0.251. The van der Waals surface area contributed by atoms with Crippen LogP contribution in [0, 0.1) is 11.3 Å². The number of hydrogen-bond donors (Lipinski definition) is 1. The van der Waals surface area contributed by atoms with Gasteiger partial charge in [-0.05, 0) is 30.2 Å². The first-order chi connectivity index (χ1) is 7.58. The minimum Gasteiger partial charge on any atom is -0.468 e. The largest absolute Gasteiger partial charge is 0.468 e. The topological polar surface area (TPSA) is 76.1 Å². The first-order valence-electron chi connectivity index (χ1n) is 4.60. The van der Waals surface area contributed by atoms with E-state index < -0.39 is 12.0 Å². The van der Waals surface area contributed by atoms with Crippen molar-refractivity contribution in [3.63, 3.8) is 0 Å². The smallest absolute Gasteiger partial charge is 0.322 e. The first-order valence-corrected chi connectivity index (χ1v) is 4.98. The quantitative estimate of drug-likeness (QED) is 0.805. The number of rotatable bonds is 3. The number of esters is 1. The van der Waals surface area contributed by atoms with Crippen molar-refractivity contribution in [2.75, 3.05) is 7.11 Å². The number of ether oxygens (including phenoxy) is 1. The van der Waals surface area contributed by atoms with Crippen molar-refractivity contribution in [2.45, 2.75) is 12.5 Å². The molecule has 0 aliphatic heterocycles. The van der Waals surface area contributed by atoms with Crippen LogP contribution < -0.4 is 5.73 Å². The summed E-state index contributed by atoms with van der Waals surface area (Å²) in [7, 11) is 1.27. The van der Waals surface area contributed by atoms with E-state index in [0.29, 0.717) is 16.1 Å². The molecule has 0 fully saturated rings. The average Bonchev–Trinajstić information content (AvgIpc) is 2.30. The Morgan fingerprint density at radius 1 is 1.69 bits per heavy atom. The summed E-state index contributed by atoms with van der Waals surface area (Å²) in [5.74, 6) is -0.501. The summed E-state index contributed by atoms with van der Waals surface area (Å²) in [5.41, 5.74) is 6.75. The fourth-order valence-electron chi connectivity index (χ4n) is 1.27. The van der Waals surface area contributed by atoms with Gasteiger partial charge >= 0.3 is 5.97 Å². The Morgan fingerprint density at radius 2 is 2.38 bits per heavy atom. The maximum atomic E-state index is 11.1. The molecule has 0 radical (unpaired) electrons. The van der Waals surface area contributed by atoms with Gasteiger partial charge in [-0.3, -0.25) is 4.79 Å².